The van der Waals surface area contributed by atoms with Gasteiger partial charge in [-0.2, -0.15) is 0 Å². The molecule has 3 fully saturated rings. The third kappa shape index (κ3) is 4.39. The number of nitrogens with zero attached hydrogens (tertiary/aromatic N) is 2. The Labute approximate surface area is 170 Å². The highest BCUT2D eigenvalue weighted by Gasteiger charge is 2.43. The summed E-state index contributed by atoms with van der Waals surface area (Å²) in [5.41, 5.74) is 7.01. The zero-order valence-electron chi connectivity index (χ0n) is 15.1. The van der Waals surface area contributed by atoms with Crippen LogP contribution in [-0.4, -0.2) is 67.1 Å². The molecule has 3 atom stereocenters. The van der Waals surface area contributed by atoms with Gasteiger partial charge < -0.3 is 10.2 Å². The first-order valence-corrected chi connectivity index (χ1v) is 9.67. The van der Waals surface area contributed by atoms with Gasteiger partial charge in [-0.3, -0.25) is 15.1 Å². The minimum absolute atomic E-state index is 0. The lowest BCUT2D eigenvalue weighted by Crippen LogP contribution is -2.55. The van der Waals surface area contributed by atoms with Crippen LogP contribution in [0.1, 0.15) is 12.0 Å². The van der Waals surface area contributed by atoms with Crippen molar-refractivity contribution in [3.63, 3.8) is 0 Å². The van der Waals surface area contributed by atoms with Crippen molar-refractivity contribution >= 4 is 29.9 Å². The highest BCUT2D eigenvalue weighted by Crippen LogP contribution is 2.23. The lowest BCUT2D eigenvalue weighted by molar-refractivity contribution is -0.136. The first-order chi connectivity index (χ1) is 12.6. The number of fused-ring (bicyclic) bond motifs is 1. The van der Waals surface area contributed by atoms with Gasteiger partial charge in [0.05, 0.1) is 0 Å². The second kappa shape index (κ2) is 9.03. The first-order valence-electron chi connectivity index (χ1n) is 9.29. The summed E-state index contributed by atoms with van der Waals surface area (Å²) in [5.74, 6) is 0.192. The van der Waals surface area contributed by atoms with Gasteiger partial charge in [-0.05, 0) is 25.1 Å². The quantitative estimate of drug-likeness (QED) is 0.684. The topological polar surface area (TPSA) is 59.6 Å². The van der Waals surface area contributed by atoms with Gasteiger partial charge in [0.2, 0.25) is 5.91 Å². The molecule has 0 aliphatic carbocycles. The fraction of sp³-hybridized carbons (Fsp3) is 0.611. The Hall–Kier alpha value is -0.960. The largest absolute Gasteiger partial charge is 0.339 e. The number of rotatable bonds is 3. The lowest BCUT2D eigenvalue weighted by Gasteiger charge is -2.37. The van der Waals surface area contributed by atoms with Crippen LogP contribution in [0.15, 0.2) is 18.2 Å². The van der Waals surface area contributed by atoms with Crippen molar-refractivity contribution < 1.29 is 9.18 Å². The molecule has 27 heavy (non-hydrogen) atoms. The average molecular weight is 418 g/mol. The number of benzene rings is 1. The molecule has 3 aliphatic heterocycles. The van der Waals surface area contributed by atoms with Crippen LogP contribution in [-0.2, 0) is 11.3 Å². The van der Waals surface area contributed by atoms with E-state index in [1.807, 2.05) is 4.90 Å². The second-order valence-corrected chi connectivity index (χ2v) is 7.74. The van der Waals surface area contributed by atoms with E-state index in [1.54, 1.807) is 12.1 Å². The molecule has 0 radical (unpaired) electrons. The predicted molar refractivity (Wildman–Crippen MR) is 105 cm³/mol. The Morgan fingerprint density at radius 1 is 1.22 bits per heavy atom. The minimum atomic E-state index is -0.270. The normalized spacial score (nSPS) is 28.5. The van der Waals surface area contributed by atoms with Crippen molar-refractivity contribution in [1.82, 2.24) is 26.0 Å². The highest BCUT2D eigenvalue weighted by atomic mass is 35.5. The standard InChI is InChI=1S/C18H25ClFN5O.ClH/c19-14-2-1-3-15(20)13(14)11-24-6-8-25(9-7-24)18(26)17-12-10-21-5-4-16(12)22-23-17;/h1-3,12,16-17,21-23H,4-11H2;1H. The summed E-state index contributed by atoms with van der Waals surface area (Å²) in [6, 6.07) is 4.98. The van der Waals surface area contributed by atoms with Crippen LogP contribution in [0.3, 0.4) is 0 Å². The molecular formula is C18H26Cl2FN5O. The van der Waals surface area contributed by atoms with E-state index in [1.165, 1.54) is 6.07 Å². The summed E-state index contributed by atoms with van der Waals surface area (Å²) in [5, 5.41) is 3.84. The number of amides is 1. The molecule has 6 nitrogen and oxygen atoms in total. The van der Waals surface area contributed by atoms with Crippen molar-refractivity contribution in [2.45, 2.75) is 25.0 Å². The number of nitrogens with one attached hydrogen (secondary N) is 3. The summed E-state index contributed by atoms with van der Waals surface area (Å²) in [6.07, 6.45) is 1.04. The molecular weight excluding hydrogens is 392 g/mol. The van der Waals surface area contributed by atoms with Gasteiger partial charge in [0.15, 0.2) is 0 Å². The van der Waals surface area contributed by atoms with Crippen molar-refractivity contribution in [2.24, 2.45) is 5.92 Å². The Bertz CT molecular complexity index is 651. The van der Waals surface area contributed by atoms with Crippen LogP contribution in [0.25, 0.3) is 0 Å². The molecule has 1 aromatic rings. The van der Waals surface area contributed by atoms with Gasteiger partial charge >= 0.3 is 0 Å². The number of hydrazine groups is 1. The molecule has 3 saturated heterocycles. The second-order valence-electron chi connectivity index (χ2n) is 7.33. The third-order valence-corrected chi connectivity index (χ3v) is 6.13. The average Bonchev–Trinajstić information content (AvgIpc) is 3.09. The molecule has 0 aromatic heterocycles. The molecule has 1 amide bonds. The summed E-state index contributed by atoms with van der Waals surface area (Å²) in [4.78, 5) is 17.0. The molecule has 3 aliphatic rings. The third-order valence-electron chi connectivity index (χ3n) is 5.77. The van der Waals surface area contributed by atoms with E-state index >= 15 is 0 Å². The molecule has 3 N–H and O–H groups in total. The number of hydrogen-bond acceptors (Lipinski definition) is 5. The van der Waals surface area contributed by atoms with Gasteiger partial charge in [0, 0.05) is 61.8 Å². The summed E-state index contributed by atoms with van der Waals surface area (Å²) in [6.45, 7) is 5.11. The molecule has 1 aromatic carbocycles. The molecule has 9 heteroatoms. The Morgan fingerprint density at radius 2 is 2.00 bits per heavy atom. The van der Waals surface area contributed by atoms with E-state index in [-0.39, 0.29) is 30.2 Å². The van der Waals surface area contributed by atoms with E-state index < -0.39 is 0 Å². The van der Waals surface area contributed by atoms with Crippen LogP contribution in [0.5, 0.6) is 0 Å². The van der Waals surface area contributed by atoms with Crippen LogP contribution >= 0.6 is 24.0 Å². The zero-order chi connectivity index (χ0) is 18.1. The van der Waals surface area contributed by atoms with Crippen LogP contribution in [0.2, 0.25) is 5.02 Å². The van der Waals surface area contributed by atoms with Gasteiger partial charge in [0.25, 0.3) is 0 Å². The Morgan fingerprint density at radius 3 is 2.74 bits per heavy atom. The van der Waals surface area contributed by atoms with E-state index in [0.717, 1.165) is 32.6 Å². The number of carbonyl (C=O) groups is 1. The minimum Gasteiger partial charge on any atom is -0.339 e. The summed E-state index contributed by atoms with van der Waals surface area (Å²) >= 11 is 6.13. The maximum absolute atomic E-state index is 14.0. The van der Waals surface area contributed by atoms with Crippen LogP contribution < -0.4 is 16.2 Å². The maximum atomic E-state index is 14.0. The molecule has 150 valence electrons. The SMILES string of the molecule is Cl.O=C(C1NNC2CCNCC21)N1CCN(Cc2c(F)cccc2Cl)CC1. The monoisotopic (exact) mass is 417 g/mol. The number of piperazine rings is 1. The molecule has 0 saturated carbocycles. The highest BCUT2D eigenvalue weighted by molar-refractivity contribution is 6.31. The molecule has 0 spiro atoms. The number of halogens is 3. The van der Waals surface area contributed by atoms with Gasteiger partial charge in [-0.1, -0.05) is 17.7 Å². The van der Waals surface area contributed by atoms with E-state index in [9.17, 15) is 9.18 Å². The van der Waals surface area contributed by atoms with Crippen molar-refractivity contribution in [3.8, 4) is 0 Å². The Kier molecular flexibility index (Phi) is 6.94. The molecule has 3 heterocycles. The lowest BCUT2D eigenvalue weighted by atomic mass is 9.89. The number of carbonyl (C=O) groups excluding carboxylic acids is 1. The first kappa shape index (κ1) is 20.8. The number of piperidine rings is 1. The van der Waals surface area contributed by atoms with Crippen molar-refractivity contribution in [2.75, 3.05) is 39.3 Å². The summed E-state index contributed by atoms with van der Waals surface area (Å²) in [7, 11) is 0. The fourth-order valence-corrected chi connectivity index (χ4v) is 4.41. The fourth-order valence-electron chi connectivity index (χ4n) is 4.19. The van der Waals surface area contributed by atoms with Gasteiger partial charge in [-0.25, -0.2) is 9.82 Å². The van der Waals surface area contributed by atoms with Crippen LogP contribution in [0.4, 0.5) is 4.39 Å². The van der Waals surface area contributed by atoms with E-state index in [0.29, 0.717) is 42.2 Å². The van der Waals surface area contributed by atoms with E-state index in [2.05, 4.69) is 21.1 Å². The van der Waals surface area contributed by atoms with E-state index in [4.69, 9.17) is 11.6 Å². The zero-order valence-corrected chi connectivity index (χ0v) is 16.7. The molecule has 3 unspecified atom stereocenters. The van der Waals surface area contributed by atoms with Crippen molar-refractivity contribution in [1.29, 1.82) is 0 Å². The van der Waals surface area contributed by atoms with Gasteiger partial charge in [0.1, 0.15) is 11.9 Å². The predicted octanol–water partition coefficient (Wildman–Crippen LogP) is 1.000. The summed E-state index contributed by atoms with van der Waals surface area (Å²) < 4.78 is 14.0. The van der Waals surface area contributed by atoms with Crippen molar-refractivity contribution in [3.05, 3.63) is 34.6 Å². The Balaban J connectivity index is 0.00000210. The number of hydrogen-bond donors (Lipinski definition) is 3. The molecule has 4 rings (SSSR count). The van der Waals surface area contributed by atoms with Crippen LogP contribution in [0, 0.1) is 11.7 Å². The molecule has 0 bridgehead atoms. The van der Waals surface area contributed by atoms with Gasteiger partial charge in [-0.15, -0.1) is 12.4 Å². The maximum Gasteiger partial charge on any atom is 0.241 e. The smallest absolute Gasteiger partial charge is 0.241 e.